The molecule has 0 bridgehead atoms. The van der Waals surface area contributed by atoms with Gasteiger partial charge in [0.05, 0.1) is 17.2 Å². The summed E-state index contributed by atoms with van der Waals surface area (Å²) < 4.78 is 41.6. The fourth-order valence-corrected chi connectivity index (χ4v) is 2.59. The molecule has 28 heavy (non-hydrogen) atoms. The van der Waals surface area contributed by atoms with E-state index >= 15 is 0 Å². The number of hydrogen-bond acceptors (Lipinski definition) is 6. The van der Waals surface area contributed by atoms with Crippen LogP contribution in [0.1, 0.15) is 11.1 Å². The monoisotopic (exact) mass is 395 g/mol. The summed E-state index contributed by atoms with van der Waals surface area (Å²) in [5, 5.41) is 18.1. The largest absolute Gasteiger partial charge is 0.573 e. The van der Waals surface area contributed by atoms with E-state index in [1.54, 1.807) is 13.0 Å². The summed E-state index contributed by atoms with van der Waals surface area (Å²) in [6.45, 7) is 1.64. The van der Waals surface area contributed by atoms with Gasteiger partial charge >= 0.3 is 12.1 Å². The molecular formula is C16H12F3N5O4. The zero-order valence-electron chi connectivity index (χ0n) is 14.3. The van der Waals surface area contributed by atoms with Crippen molar-refractivity contribution >= 4 is 5.69 Å². The van der Waals surface area contributed by atoms with Gasteiger partial charge in [0.2, 0.25) is 0 Å². The highest BCUT2D eigenvalue weighted by Crippen LogP contribution is 2.23. The van der Waals surface area contributed by atoms with E-state index < -0.39 is 22.7 Å². The van der Waals surface area contributed by atoms with Gasteiger partial charge in [-0.1, -0.05) is 11.2 Å². The number of alkyl halides is 3. The van der Waals surface area contributed by atoms with Gasteiger partial charge < -0.3 is 4.74 Å². The minimum absolute atomic E-state index is 0.0417. The number of halogens is 3. The highest BCUT2D eigenvalue weighted by molar-refractivity contribution is 5.42. The van der Waals surface area contributed by atoms with Crippen LogP contribution in [0.5, 0.6) is 5.75 Å². The molecule has 0 fully saturated rings. The number of aryl methyl sites for hydroxylation is 1. The van der Waals surface area contributed by atoms with E-state index in [0.717, 1.165) is 16.8 Å². The van der Waals surface area contributed by atoms with Gasteiger partial charge in [0.1, 0.15) is 5.75 Å². The quantitative estimate of drug-likeness (QED) is 0.486. The van der Waals surface area contributed by atoms with Crippen molar-refractivity contribution in [2.75, 3.05) is 0 Å². The molecule has 146 valence electrons. The third-order valence-corrected chi connectivity index (χ3v) is 3.74. The van der Waals surface area contributed by atoms with Gasteiger partial charge in [-0.15, -0.1) is 13.2 Å². The van der Waals surface area contributed by atoms with E-state index in [9.17, 15) is 28.1 Å². The third kappa shape index (κ3) is 4.16. The summed E-state index contributed by atoms with van der Waals surface area (Å²) in [6, 6.07) is 9.06. The molecule has 0 unspecified atom stereocenters. The zero-order chi connectivity index (χ0) is 20.5. The van der Waals surface area contributed by atoms with Crippen molar-refractivity contribution in [3.05, 3.63) is 74.2 Å². The number of tetrazole rings is 1. The van der Waals surface area contributed by atoms with Crippen LogP contribution < -0.4 is 10.4 Å². The summed E-state index contributed by atoms with van der Waals surface area (Å²) in [7, 11) is 0. The van der Waals surface area contributed by atoms with Gasteiger partial charge in [0.25, 0.3) is 5.69 Å². The fraction of sp³-hybridized carbons (Fsp3) is 0.188. The summed E-state index contributed by atoms with van der Waals surface area (Å²) >= 11 is 0. The van der Waals surface area contributed by atoms with Gasteiger partial charge in [-0.25, -0.2) is 4.79 Å². The molecule has 0 aliphatic carbocycles. The van der Waals surface area contributed by atoms with Crippen LogP contribution in [0.15, 0.2) is 47.3 Å². The van der Waals surface area contributed by atoms with E-state index in [-0.39, 0.29) is 17.9 Å². The van der Waals surface area contributed by atoms with Crippen molar-refractivity contribution in [2.24, 2.45) is 0 Å². The second kappa shape index (κ2) is 7.13. The highest BCUT2D eigenvalue weighted by atomic mass is 19.4. The number of rotatable bonds is 5. The molecule has 0 amide bonds. The molecule has 0 spiro atoms. The molecule has 2 aromatic carbocycles. The number of nitro benzene ring substituents is 1. The van der Waals surface area contributed by atoms with E-state index in [0.29, 0.717) is 11.1 Å². The number of nitrogens with zero attached hydrogens (tertiary/aromatic N) is 5. The maximum Gasteiger partial charge on any atom is 0.573 e. The standard InChI is InChI=1S/C16H12F3N5O4/c1-10-8-11(2-7-14(10)24(26)27)9-22-21-20-15(25)23(22)12-3-5-13(6-4-12)28-16(17,18)19/h2-8H,9H2,1H3. The Morgan fingerprint density at radius 3 is 2.43 bits per heavy atom. The van der Waals surface area contributed by atoms with E-state index in [1.807, 2.05) is 0 Å². The number of ether oxygens (including phenoxy) is 1. The molecule has 0 N–H and O–H groups in total. The molecule has 0 aliphatic heterocycles. The molecule has 0 atom stereocenters. The van der Waals surface area contributed by atoms with Crippen LogP contribution in [0.4, 0.5) is 18.9 Å². The number of aromatic nitrogens is 4. The normalized spacial score (nSPS) is 11.4. The Morgan fingerprint density at radius 1 is 1.18 bits per heavy atom. The second-order valence-electron chi connectivity index (χ2n) is 5.73. The average Bonchev–Trinajstić information content (AvgIpc) is 2.94. The van der Waals surface area contributed by atoms with E-state index in [4.69, 9.17) is 0 Å². The zero-order valence-corrected chi connectivity index (χ0v) is 14.3. The molecular weight excluding hydrogens is 383 g/mol. The van der Waals surface area contributed by atoms with Crippen molar-refractivity contribution in [3.63, 3.8) is 0 Å². The maximum absolute atomic E-state index is 12.3. The first kappa shape index (κ1) is 19.1. The van der Waals surface area contributed by atoms with Crippen LogP contribution in [0.2, 0.25) is 0 Å². The Bertz CT molecular complexity index is 1070. The first-order valence-corrected chi connectivity index (χ1v) is 7.77. The van der Waals surface area contributed by atoms with Crippen LogP contribution in [-0.4, -0.2) is 31.1 Å². The van der Waals surface area contributed by atoms with Gasteiger partial charge in [-0.2, -0.15) is 9.48 Å². The second-order valence-corrected chi connectivity index (χ2v) is 5.73. The van der Waals surface area contributed by atoms with Crippen molar-refractivity contribution in [1.29, 1.82) is 0 Å². The lowest BCUT2D eigenvalue weighted by Crippen LogP contribution is -2.23. The molecule has 3 aromatic rings. The van der Waals surface area contributed by atoms with Gasteiger partial charge in [0, 0.05) is 11.6 Å². The Kier molecular flexibility index (Phi) is 4.86. The Balaban J connectivity index is 1.89. The molecule has 3 rings (SSSR count). The van der Waals surface area contributed by atoms with Crippen molar-refractivity contribution in [1.82, 2.24) is 19.8 Å². The molecule has 0 saturated heterocycles. The predicted octanol–water partition coefficient (Wildman–Crippen LogP) is 2.59. The van der Waals surface area contributed by atoms with Crippen LogP contribution in [-0.2, 0) is 6.54 Å². The lowest BCUT2D eigenvalue weighted by atomic mass is 10.1. The SMILES string of the molecule is Cc1cc(Cn2nnc(=O)n2-c2ccc(OC(F)(F)F)cc2)ccc1[N+](=O)[O-]. The number of nitro groups is 1. The van der Waals surface area contributed by atoms with Crippen molar-refractivity contribution < 1.29 is 22.8 Å². The van der Waals surface area contributed by atoms with Gasteiger partial charge in [-0.3, -0.25) is 10.1 Å². The summed E-state index contributed by atoms with van der Waals surface area (Å²) in [5.41, 5.74) is 0.509. The van der Waals surface area contributed by atoms with Crippen molar-refractivity contribution in [2.45, 2.75) is 19.8 Å². The molecule has 9 nitrogen and oxygen atoms in total. The van der Waals surface area contributed by atoms with Gasteiger partial charge in [0.15, 0.2) is 0 Å². The highest BCUT2D eigenvalue weighted by Gasteiger charge is 2.31. The predicted molar refractivity (Wildman–Crippen MR) is 89.2 cm³/mol. The third-order valence-electron chi connectivity index (χ3n) is 3.74. The number of benzene rings is 2. The first-order chi connectivity index (χ1) is 13.1. The average molecular weight is 395 g/mol. The molecule has 0 saturated carbocycles. The van der Waals surface area contributed by atoms with Crippen molar-refractivity contribution in [3.8, 4) is 11.4 Å². The van der Waals surface area contributed by atoms with Gasteiger partial charge in [-0.05, 0) is 48.0 Å². The van der Waals surface area contributed by atoms with Crippen LogP contribution in [0, 0.1) is 17.0 Å². The maximum atomic E-state index is 12.3. The first-order valence-electron chi connectivity index (χ1n) is 7.77. The minimum Gasteiger partial charge on any atom is -0.406 e. The minimum atomic E-state index is -4.82. The number of hydrogen-bond donors (Lipinski definition) is 0. The Hall–Kier alpha value is -3.70. The van der Waals surface area contributed by atoms with E-state index in [2.05, 4.69) is 15.0 Å². The Labute approximate surface area is 154 Å². The molecule has 1 heterocycles. The molecule has 1 aromatic heterocycles. The molecule has 12 heteroatoms. The Morgan fingerprint density at radius 2 is 1.86 bits per heavy atom. The van der Waals surface area contributed by atoms with E-state index in [1.165, 1.54) is 29.1 Å². The van der Waals surface area contributed by atoms with Crippen LogP contribution >= 0.6 is 0 Å². The lowest BCUT2D eigenvalue weighted by Gasteiger charge is -2.11. The summed E-state index contributed by atoms with van der Waals surface area (Å²) in [4.78, 5) is 23.6. The lowest BCUT2D eigenvalue weighted by molar-refractivity contribution is -0.385. The van der Waals surface area contributed by atoms with Crippen LogP contribution in [0.25, 0.3) is 5.69 Å². The molecule has 0 aliphatic rings. The topological polar surface area (TPSA) is 105 Å². The van der Waals surface area contributed by atoms with Crippen LogP contribution in [0.3, 0.4) is 0 Å². The summed E-state index contributed by atoms with van der Waals surface area (Å²) in [5.74, 6) is -0.436. The summed E-state index contributed by atoms with van der Waals surface area (Å²) in [6.07, 6.45) is -4.82. The fourth-order valence-electron chi connectivity index (χ4n) is 2.59. The molecule has 0 radical (unpaired) electrons. The smallest absolute Gasteiger partial charge is 0.406 e.